The molecule has 2 nitrogen and oxygen atoms in total. The van der Waals surface area contributed by atoms with Gasteiger partial charge < -0.3 is 10.6 Å². The Morgan fingerprint density at radius 1 is 1.08 bits per heavy atom. The highest BCUT2D eigenvalue weighted by molar-refractivity contribution is 4.74. The predicted molar refractivity (Wildman–Crippen MR) is 57.6 cm³/mol. The number of rotatable bonds is 5. The molecule has 0 aliphatic carbocycles. The van der Waals surface area contributed by atoms with Gasteiger partial charge in [-0.1, -0.05) is 13.8 Å². The van der Waals surface area contributed by atoms with Crippen LogP contribution in [0.15, 0.2) is 0 Å². The second kappa shape index (κ2) is 9.01. The molecule has 0 radical (unpaired) electrons. The van der Waals surface area contributed by atoms with Crippen LogP contribution in [0.1, 0.15) is 40.5 Å². The summed E-state index contributed by atoms with van der Waals surface area (Å²) >= 11 is 0. The van der Waals surface area contributed by atoms with Crippen LogP contribution in [-0.2, 0) is 0 Å². The van der Waals surface area contributed by atoms with E-state index in [4.69, 9.17) is 0 Å². The van der Waals surface area contributed by atoms with Gasteiger partial charge in [0.05, 0.1) is 0 Å². The molecule has 0 spiro atoms. The third kappa shape index (κ3) is 9.92. The summed E-state index contributed by atoms with van der Waals surface area (Å²) in [6.45, 7) is 9.57. The van der Waals surface area contributed by atoms with E-state index >= 15 is 0 Å². The van der Waals surface area contributed by atoms with E-state index in [1.54, 1.807) is 0 Å². The van der Waals surface area contributed by atoms with E-state index in [0.717, 1.165) is 6.54 Å². The molecular formula is C10H26N2. The minimum Gasteiger partial charge on any atom is -0.320 e. The lowest BCUT2D eigenvalue weighted by molar-refractivity contribution is 0.380. The highest BCUT2D eigenvalue weighted by Crippen LogP contribution is 2.08. The Morgan fingerprint density at radius 2 is 1.58 bits per heavy atom. The molecule has 2 heteroatoms. The maximum Gasteiger partial charge on any atom is 0.0122 e. The zero-order valence-corrected chi connectivity index (χ0v) is 9.62. The summed E-state index contributed by atoms with van der Waals surface area (Å²) in [4.78, 5) is 0. The molecule has 2 N–H and O–H groups in total. The van der Waals surface area contributed by atoms with Crippen LogP contribution in [0.5, 0.6) is 0 Å². The molecule has 0 unspecified atom stereocenters. The number of hydrogen-bond acceptors (Lipinski definition) is 2. The third-order valence-corrected chi connectivity index (χ3v) is 1.91. The molecule has 0 aromatic heterocycles. The summed E-state index contributed by atoms with van der Waals surface area (Å²) in [6, 6.07) is 0. The summed E-state index contributed by atoms with van der Waals surface area (Å²) in [7, 11) is 4.01. The Morgan fingerprint density at radius 3 is 1.92 bits per heavy atom. The van der Waals surface area contributed by atoms with Crippen molar-refractivity contribution >= 4 is 0 Å². The fourth-order valence-electron chi connectivity index (χ4n) is 0.832. The van der Waals surface area contributed by atoms with Gasteiger partial charge in [-0.15, -0.1) is 0 Å². The van der Waals surface area contributed by atoms with Crippen LogP contribution in [0, 0.1) is 0 Å². The summed E-state index contributed by atoms with van der Waals surface area (Å²) in [5, 5.41) is 6.41. The first-order valence-corrected chi connectivity index (χ1v) is 4.96. The normalized spacial score (nSPS) is 10.5. The van der Waals surface area contributed by atoms with Crippen molar-refractivity contribution in [3.05, 3.63) is 0 Å². The van der Waals surface area contributed by atoms with E-state index < -0.39 is 0 Å². The molecule has 12 heavy (non-hydrogen) atoms. The van der Waals surface area contributed by atoms with E-state index in [9.17, 15) is 0 Å². The Hall–Kier alpha value is -0.0800. The van der Waals surface area contributed by atoms with Gasteiger partial charge in [0.25, 0.3) is 0 Å². The molecule has 0 amide bonds. The van der Waals surface area contributed by atoms with Crippen LogP contribution in [-0.4, -0.2) is 26.2 Å². The van der Waals surface area contributed by atoms with Crippen molar-refractivity contribution in [1.29, 1.82) is 0 Å². The fourth-order valence-corrected chi connectivity index (χ4v) is 0.832. The van der Waals surface area contributed by atoms with Crippen LogP contribution in [0.3, 0.4) is 0 Å². The Labute approximate surface area is 78.1 Å². The highest BCUT2D eigenvalue weighted by atomic mass is 14.9. The molecule has 0 saturated carbocycles. The lowest BCUT2D eigenvalue weighted by atomic mass is 9.99. The first-order chi connectivity index (χ1) is 5.62. The molecule has 0 aromatic carbocycles. The van der Waals surface area contributed by atoms with Crippen LogP contribution >= 0.6 is 0 Å². The standard InChI is InChI=1S/C8H20N2.C2H6/c1-8(2,10-4)6-5-7-9-3;1-2/h9-10H,5-7H2,1-4H3;1-2H3. The van der Waals surface area contributed by atoms with E-state index in [1.165, 1.54) is 12.8 Å². The first kappa shape index (κ1) is 14.4. The van der Waals surface area contributed by atoms with Gasteiger partial charge in [0, 0.05) is 5.54 Å². The van der Waals surface area contributed by atoms with Crippen molar-refractivity contribution in [3.8, 4) is 0 Å². The van der Waals surface area contributed by atoms with Gasteiger partial charge in [0.1, 0.15) is 0 Å². The lowest BCUT2D eigenvalue weighted by Gasteiger charge is -2.23. The Bertz CT molecular complexity index is 79.9. The minimum atomic E-state index is 0.302. The SMILES string of the molecule is CC.CNCCCC(C)(C)NC. The molecule has 0 aromatic rings. The largest absolute Gasteiger partial charge is 0.320 e. The number of hydrogen-bond donors (Lipinski definition) is 2. The second-order valence-corrected chi connectivity index (χ2v) is 3.34. The van der Waals surface area contributed by atoms with Crippen LogP contribution in [0.25, 0.3) is 0 Å². The third-order valence-electron chi connectivity index (χ3n) is 1.91. The monoisotopic (exact) mass is 174 g/mol. The van der Waals surface area contributed by atoms with Crippen LogP contribution in [0.2, 0.25) is 0 Å². The van der Waals surface area contributed by atoms with Crippen molar-refractivity contribution in [3.63, 3.8) is 0 Å². The van der Waals surface area contributed by atoms with Gasteiger partial charge in [0.15, 0.2) is 0 Å². The van der Waals surface area contributed by atoms with Crippen molar-refractivity contribution in [2.24, 2.45) is 0 Å². The highest BCUT2D eigenvalue weighted by Gasteiger charge is 2.12. The molecule has 76 valence electrons. The zero-order chi connectivity index (χ0) is 10.0. The van der Waals surface area contributed by atoms with Crippen LogP contribution in [0.4, 0.5) is 0 Å². The van der Waals surface area contributed by atoms with Gasteiger partial charge >= 0.3 is 0 Å². The van der Waals surface area contributed by atoms with Gasteiger partial charge in [-0.05, 0) is 47.3 Å². The van der Waals surface area contributed by atoms with Gasteiger partial charge in [-0.3, -0.25) is 0 Å². The smallest absolute Gasteiger partial charge is 0.0122 e. The lowest BCUT2D eigenvalue weighted by Crippen LogP contribution is -2.36. The number of nitrogens with one attached hydrogen (secondary N) is 2. The second-order valence-electron chi connectivity index (χ2n) is 3.34. The van der Waals surface area contributed by atoms with Crippen molar-refractivity contribution in [2.45, 2.75) is 46.1 Å². The summed E-state index contributed by atoms with van der Waals surface area (Å²) < 4.78 is 0. The first-order valence-electron chi connectivity index (χ1n) is 4.96. The van der Waals surface area contributed by atoms with Crippen molar-refractivity contribution in [1.82, 2.24) is 10.6 Å². The molecule has 0 aliphatic heterocycles. The summed E-state index contributed by atoms with van der Waals surface area (Å²) in [5.74, 6) is 0. The average molecular weight is 174 g/mol. The average Bonchev–Trinajstić information content (AvgIpc) is 2.09. The minimum absolute atomic E-state index is 0.302. The van der Waals surface area contributed by atoms with Crippen LogP contribution < -0.4 is 10.6 Å². The molecule has 0 fully saturated rings. The molecule has 0 saturated heterocycles. The fraction of sp³-hybridized carbons (Fsp3) is 1.00. The van der Waals surface area contributed by atoms with Crippen molar-refractivity contribution < 1.29 is 0 Å². The molecule has 0 atom stereocenters. The quantitative estimate of drug-likeness (QED) is 0.623. The predicted octanol–water partition coefficient (Wildman–Crippen LogP) is 2.01. The van der Waals surface area contributed by atoms with E-state index in [-0.39, 0.29) is 0 Å². The molecular weight excluding hydrogens is 148 g/mol. The van der Waals surface area contributed by atoms with E-state index in [2.05, 4.69) is 24.5 Å². The van der Waals surface area contributed by atoms with E-state index in [0.29, 0.717) is 5.54 Å². The summed E-state index contributed by atoms with van der Waals surface area (Å²) in [5.41, 5.74) is 0.302. The molecule has 0 heterocycles. The topological polar surface area (TPSA) is 24.1 Å². The Kier molecular flexibility index (Phi) is 10.8. The molecule has 0 aliphatic rings. The van der Waals surface area contributed by atoms with Gasteiger partial charge in [0.2, 0.25) is 0 Å². The summed E-state index contributed by atoms with van der Waals surface area (Å²) in [6.07, 6.45) is 2.47. The maximum atomic E-state index is 3.27. The van der Waals surface area contributed by atoms with Gasteiger partial charge in [-0.2, -0.15) is 0 Å². The van der Waals surface area contributed by atoms with Crippen molar-refractivity contribution in [2.75, 3.05) is 20.6 Å². The van der Waals surface area contributed by atoms with Gasteiger partial charge in [-0.25, -0.2) is 0 Å². The maximum absolute atomic E-state index is 3.27. The Balaban J connectivity index is 0. The zero-order valence-electron chi connectivity index (χ0n) is 9.62. The molecule has 0 bridgehead atoms. The van der Waals surface area contributed by atoms with E-state index in [1.807, 2.05) is 27.9 Å². The molecule has 0 rings (SSSR count).